The zero-order valence-electron chi connectivity index (χ0n) is 12.8. The zero-order chi connectivity index (χ0) is 13.4. The molecule has 2 nitrogen and oxygen atoms in total. The Labute approximate surface area is 114 Å². The van der Waals surface area contributed by atoms with Gasteiger partial charge >= 0.3 is 0 Å². The van der Waals surface area contributed by atoms with E-state index in [9.17, 15) is 0 Å². The zero-order valence-corrected chi connectivity index (χ0v) is 12.8. The lowest BCUT2D eigenvalue weighted by atomic mass is 9.81. The lowest BCUT2D eigenvalue weighted by Gasteiger charge is -2.33. The molecule has 0 amide bonds. The van der Waals surface area contributed by atoms with Gasteiger partial charge in [-0.1, -0.05) is 33.6 Å². The van der Waals surface area contributed by atoms with Crippen LogP contribution in [0.25, 0.3) is 0 Å². The van der Waals surface area contributed by atoms with Crippen molar-refractivity contribution in [2.24, 2.45) is 23.5 Å². The molecule has 2 heteroatoms. The highest BCUT2D eigenvalue weighted by molar-refractivity contribution is 4.76. The van der Waals surface area contributed by atoms with Crippen molar-refractivity contribution >= 4 is 0 Å². The van der Waals surface area contributed by atoms with Gasteiger partial charge in [0.25, 0.3) is 0 Å². The molecule has 0 heterocycles. The molecule has 0 radical (unpaired) electrons. The van der Waals surface area contributed by atoms with Crippen LogP contribution in [0.5, 0.6) is 0 Å². The molecular weight excluding hydrogens is 220 g/mol. The Bertz CT molecular complexity index is 193. The van der Waals surface area contributed by atoms with Crippen LogP contribution < -0.4 is 5.73 Å². The molecule has 1 fully saturated rings. The highest BCUT2D eigenvalue weighted by atomic mass is 15.1. The molecule has 108 valence electrons. The number of nitrogens with zero attached hydrogens (tertiary/aromatic N) is 1. The molecule has 0 aromatic rings. The van der Waals surface area contributed by atoms with E-state index >= 15 is 0 Å². The first-order valence-corrected chi connectivity index (χ1v) is 8.15. The van der Waals surface area contributed by atoms with Crippen LogP contribution in [0.15, 0.2) is 0 Å². The molecule has 0 unspecified atom stereocenters. The smallest absolute Gasteiger partial charge is 0.000966 e. The molecular formula is C16H34N2. The van der Waals surface area contributed by atoms with Crippen molar-refractivity contribution in [3.8, 4) is 0 Å². The van der Waals surface area contributed by atoms with E-state index in [0.29, 0.717) is 0 Å². The van der Waals surface area contributed by atoms with Crippen LogP contribution in [0.2, 0.25) is 0 Å². The summed E-state index contributed by atoms with van der Waals surface area (Å²) < 4.78 is 0. The SMILES string of the molecule is CCC(CC)CN(CC)CC1CCC(CN)CC1. The van der Waals surface area contributed by atoms with Crippen LogP contribution in [0.4, 0.5) is 0 Å². The fourth-order valence-corrected chi connectivity index (χ4v) is 3.26. The van der Waals surface area contributed by atoms with E-state index in [0.717, 1.165) is 24.3 Å². The van der Waals surface area contributed by atoms with Crippen LogP contribution >= 0.6 is 0 Å². The van der Waals surface area contributed by atoms with Crippen LogP contribution in [0.1, 0.15) is 59.3 Å². The topological polar surface area (TPSA) is 29.3 Å². The summed E-state index contributed by atoms with van der Waals surface area (Å²) in [5.41, 5.74) is 5.77. The molecule has 1 aliphatic rings. The molecule has 1 saturated carbocycles. The summed E-state index contributed by atoms with van der Waals surface area (Å²) in [6, 6.07) is 0. The maximum atomic E-state index is 5.77. The Morgan fingerprint density at radius 2 is 1.56 bits per heavy atom. The Hall–Kier alpha value is -0.0800. The molecule has 0 aromatic carbocycles. The highest BCUT2D eigenvalue weighted by Crippen LogP contribution is 2.29. The summed E-state index contributed by atoms with van der Waals surface area (Å²) in [4.78, 5) is 2.69. The quantitative estimate of drug-likeness (QED) is 0.718. The van der Waals surface area contributed by atoms with Crippen molar-refractivity contribution in [2.75, 3.05) is 26.2 Å². The average Bonchev–Trinajstić information content (AvgIpc) is 2.44. The second-order valence-electron chi connectivity index (χ2n) is 6.16. The second-order valence-corrected chi connectivity index (χ2v) is 6.16. The average molecular weight is 254 g/mol. The third-order valence-corrected chi connectivity index (χ3v) is 4.93. The molecule has 0 aromatic heterocycles. The molecule has 0 spiro atoms. The predicted molar refractivity (Wildman–Crippen MR) is 80.7 cm³/mol. The maximum absolute atomic E-state index is 5.77. The predicted octanol–water partition coefficient (Wildman–Crippen LogP) is 3.51. The minimum Gasteiger partial charge on any atom is -0.330 e. The van der Waals surface area contributed by atoms with Crippen molar-refractivity contribution < 1.29 is 0 Å². The van der Waals surface area contributed by atoms with Crippen molar-refractivity contribution in [3.05, 3.63) is 0 Å². The van der Waals surface area contributed by atoms with Gasteiger partial charge in [-0.3, -0.25) is 0 Å². The third kappa shape index (κ3) is 5.27. The van der Waals surface area contributed by atoms with E-state index in [1.165, 1.54) is 58.2 Å². The fraction of sp³-hybridized carbons (Fsp3) is 1.00. The molecule has 1 aliphatic carbocycles. The Morgan fingerprint density at radius 3 is 2.00 bits per heavy atom. The van der Waals surface area contributed by atoms with Gasteiger partial charge in [0.05, 0.1) is 0 Å². The van der Waals surface area contributed by atoms with E-state index in [1.54, 1.807) is 0 Å². The lowest BCUT2D eigenvalue weighted by Crippen LogP contribution is -2.35. The number of rotatable bonds is 8. The van der Waals surface area contributed by atoms with E-state index in [-0.39, 0.29) is 0 Å². The fourth-order valence-electron chi connectivity index (χ4n) is 3.26. The van der Waals surface area contributed by atoms with E-state index < -0.39 is 0 Å². The molecule has 0 aliphatic heterocycles. The third-order valence-electron chi connectivity index (χ3n) is 4.93. The van der Waals surface area contributed by atoms with Gasteiger partial charge in [0.2, 0.25) is 0 Å². The van der Waals surface area contributed by atoms with Gasteiger partial charge in [-0.25, -0.2) is 0 Å². The van der Waals surface area contributed by atoms with E-state index in [4.69, 9.17) is 5.73 Å². The molecule has 1 rings (SSSR count). The number of nitrogens with two attached hydrogens (primary N) is 1. The molecule has 18 heavy (non-hydrogen) atoms. The largest absolute Gasteiger partial charge is 0.330 e. The summed E-state index contributed by atoms with van der Waals surface area (Å²) in [7, 11) is 0. The standard InChI is InChI=1S/C16H34N2/c1-4-14(5-2)12-18(6-3)13-16-9-7-15(11-17)8-10-16/h14-16H,4-13,17H2,1-3H3. The summed E-state index contributed by atoms with van der Waals surface area (Å²) >= 11 is 0. The monoisotopic (exact) mass is 254 g/mol. The van der Waals surface area contributed by atoms with E-state index in [1.807, 2.05) is 0 Å². The van der Waals surface area contributed by atoms with Gasteiger partial charge in [0.1, 0.15) is 0 Å². The molecule has 0 saturated heterocycles. The van der Waals surface area contributed by atoms with Crippen LogP contribution in [-0.4, -0.2) is 31.1 Å². The van der Waals surface area contributed by atoms with Crippen molar-refractivity contribution in [3.63, 3.8) is 0 Å². The normalized spacial score (nSPS) is 25.0. The van der Waals surface area contributed by atoms with Crippen molar-refractivity contribution in [1.29, 1.82) is 0 Å². The molecule has 2 N–H and O–H groups in total. The number of hydrogen-bond acceptors (Lipinski definition) is 2. The molecule has 0 atom stereocenters. The van der Waals surface area contributed by atoms with Gasteiger partial charge in [0, 0.05) is 13.1 Å². The Kier molecular flexibility index (Phi) is 7.92. The lowest BCUT2D eigenvalue weighted by molar-refractivity contribution is 0.165. The van der Waals surface area contributed by atoms with E-state index in [2.05, 4.69) is 25.7 Å². The highest BCUT2D eigenvalue weighted by Gasteiger charge is 2.22. The Balaban J connectivity index is 2.30. The molecule has 0 bridgehead atoms. The van der Waals surface area contributed by atoms with Crippen LogP contribution in [-0.2, 0) is 0 Å². The first-order valence-electron chi connectivity index (χ1n) is 8.15. The van der Waals surface area contributed by atoms with Crippen molar-refractivity contribution in [2.45, 2.75) is 59.3 Å². The van der Waals surface area contributed by atoms with Crippen LogP contribution in [0.3, 0.4) is 0 Å². The van der Waals surface area contributed by atoms with Gasteiger partial charge in [-0.05, 0) is 56.5 Å². The van der Waals surface area contributed by atoms with Gasteiger partial charge < -0.3 is 10.6 Å². The summed E-state index contributed by atoms with van der Waals surface area (Å²) in [6.07, 6.45) is 8.19. The van der Waals surface area contributed by atoms with Gasteiger partial charge in [-0.2, -0.15) is 0 Å². The van der Waals surface area contributed by atoms with Gasteiger partial charge in [-0.15, -0.1) is 0 Å². The van der Waals surface area contributed by atoms with Crippen molar-refractivity contribution in [1.82, 2.24) is 4.90 Å². The second kappa shape index (κ2) is 8.92. The van der Waals surface area contributed by atoms with Crippen LogP contribution in [0, 0.1) is 17.8 Å². The number of hydrogen-bond donors (Lipinski definition) is 1. The minimum atomic E-state index is 0.815. The van der Waals surface area contributed by atoms with Gasteiger partial charge in [0.15, 0.2) is 0 Å². The Morgan fingerprint density at radius 1 is 1.00 bits per heavy atom. The summed E-state index contributed by atoms with van der Waals surface area (Å²) in [5, 5.41) is 0. The maximum Gasteiger partial charge on any atom is 0.000966 e. The summed E-state index contributed by atoms with van der Waals surface area (Å²) in [5.74, 6) is 2.64. The minimum absolute atomic E-state index is 0.815. The summed E-state index contributed by atoms with van der Waals surface area (Å²) in [6.45, 7) is 11.7. The first-order chi connectivity index (χ1) is 8.73. The first kappa shape index (κ1) is 16.0.